The first-order valence-corrected chi connectivity index (χ1v) is 8.77. The number of benzene rings is 1. The van der Waals surface area contributed by atoms with Gasteiger partial charge in [0.05, 0.1) is 5.60 Å². The van der Waals surface area contributed by atoms with E-state index >= 15 is 0 Å². The molecule has 0 aliphatic heterocycles. The molecule has 3 heteroatoms. The van der Waals surface area contributed by atoms with Crippen LogP contribution in [0.25, 0.3) is 0 Å². The second-order valence-corrected chi connectivity index (χ2v) is 7.22. The number of hydrogen-bond donors (Lipinski definition) is 1. The Balaban J connectivity index is 2.61. The molecule has 2 nitrogen and oxygen atoms in total. The van der Waals surface area contributed by atoms with Crippen LogP contribution in [0.3, 0.4) is 0 Å². The lowest BCUT2D eigenvalue weighted by Crippen LogP contribution is -2.29. The van der Waals surface area contributed by atoms with Crippen molar-refractivity contribution < 1.29 is 4.74 Å². The topological polar surface area (TPSA) is 21.3 Å². The lowest BCUT2D eigenvalue weighted by atomic mass is 9.90. The largest absolute Gasteiger partial charge is 0.379 e. The van der Waals surface area contributed by atoms with Crippen LogP contribution >= 0.6 is 15.9 Å². The molecule has 0 aliphatic rings. The van der Waals surface area contributed by atoms with E-state index in [0.717, 1.165) is 25.9 Å². The molecule has 1 rings (SSSR count). The maximum atomic E-state index is 5.56. The van der Waals surface area contributed by atoms with Gasteiger partial charge in [-0.2, -0.15) is 0 Å². The fraction of sp³-hybridized carbons (Fsp3) is 0.667. The van der Waals surface area contributed by atoms with E-state index in [1.54, 1.807) is 7.11 Å². The third-order valence-corrected chi connectivity index (χ3v) is 4.81. The van der Waals surface area contributed by atoms with Gasteiger partial charge in [0.25, 0.3) is 0 Å². The van der Waals surface area contributed by atoms with Gasteiger partial charge in [0, 0.05) is 11.6 Å². The molecular weight excluding hydrogens is 326 g/mol. The van der Waals surface area contributed by atoms with Crippen molar-refractivity contribution in [3.05, 3.63) is 34.3 Å². The summed E-state index contributed by atoms with van der Waals surface area (Å²) in [7, 11) is 1.80. The smallest absolute Gasteiger partial charge is 0.0622 e. The molecule has 0 saturated heterocycles. The summed E-state index contributed by atoms with van der Waals surface area (Å²) in [6.45, 7) is 8.73. The molecule has 0 saturated carbocycles. The lowest BCUT2D eigenvalue weighted by molar-refractivity contribution is 0.0103. The van der Waals surface area contributed by atoms with Crippen LogP contribution < -0.4 is 5.32 Å². The molecule has 0 heterocycles. The second-order valence-electron chi connectivity index (χ2n) is 6.37. The standard InChI is InChI=1S/C18H30BrNO/c1-5-12-20-14-15(10-11-18(2,3)21-4)13-16-8-6-7-9-17(16)19/h6-9,15,20H,5,10-14H2,1-4H3. The molecule has 0 radical (unpaired) electrons. The van der Waals surface area contributed by atoms with Gasteiger partial charge in [0.1, 0.15) is 0 Å². The monoisotopic (exact) mass is 355 g/mol. The third-order valence-electron chi connectivity index (χ3n) is 4.03. The maximum Gasteiger partial charge on any atom is 0.0622 e. The van der Waals surface area contributed by atoms with Crippen LogP contribution in [0.5, 0.6) is 0 Å². The Morgan fingerprint density at radius 3 is 2.62 bits per heavy atom. The number of hydrogen-bond acceptors (Lipinski definition) is 2. The summed E-state index contributed by atoms with van der Waals surface area (Å²) < 4.78 is 6.78. The van der Waals surface area contributed by atoms with Gasteiger partial charge in [0.2, 0.25) is 0 Å². The first kappa shape index (κ1) is 18.7. The van der Waals surface area contributed by atoms with Gasteiger partial charge in [-0.15, -0.1) is 0 Å². The third kappa shape index (κ3) is 7.44. The van der Waals surface area contributed by atoms with Crippen molar-refractivity contribution in [1.82, 2.24) is 5.32 Å². The fourth-order valence-electron chi connectivity index (χ4n) is 2.39. The minimum atomic E-state index is -0.0308. The zero-order chi connectivity index (χ0) is 15.7. The average molecular weight is 356 g/mol. The summed E-state index contributed by atoms with van der Waals surface area (Å²) in [5.74, 6) is 0.643. The summed E-state index contributed by atoms with van der Waals surface area (Å²) in [4.78, 5) is 0. The lowest BCUT2D eigenvalue weighted by Gasteiger charge is -2.26. The average Bonchev–Trinajstić information content (AvgIpc) is 2.47. The van der Waals surface area contributed by atoms with Crippen LogP contribution in [0.1, 0.15) is 45.6 Å². The van der Waals surface area contributed by atoms with Gasteiger partial charge in [-0.1, -0.05) is 41.1 Å². The van der Waals surface area contributed by atoms with Crippen molar-refractivity contribution >= 4 is 15.9 Å². The van der Waals surface area contributed by atoms with Crippen LogP contribution in [0.2, 0.25) is 0 Å². The number of halogens is 1. The molecule has 0 bridgehead atoms. The van der Waals surface area contributed by atoms with Gasteiger partial charge >= 0.3 is 0 Å². The highest BCUT2D eigenvalue weighted by molar-refractivity contribution is 9.10. The summed E-state index contributed by atoms with van der Waals surface area (Å²) in [5, 5.41) is 3.57. The highest BCUT2D eigenvalue weighted by Crippen LogP contribution is 2.24. The van der Waals surface area contributed by atoms with E-state index in [-0.39, 0.29) is 5.60 Å². The Kier molecular flexibility index (Phi) is 8.53. The molecule has 21 heavy (non-hydrogen) atoms. The summed E-state index contributed by atoms with van der Waals surface area (Å²) in [6.07, 6.45) is 4.56. The van der Waals surface area contributed by atoms with Gasteiger partial charge < -0.3 is 10.1 Å². The minimum absolute atomic E-state index is 0.0308. The molecule has 1 atom stereocenters. The Bertz CT molecular complexity index is 406. The molecular formula is C18H30BrNO. The van der Waals surface area contributed by atoms with E-state index in [4.69, 9.17) is 4.74 Å². The fourth-order valence-corrected chi connectivity index (χ4v) is 2.83. The van der Waals surface area contributed by atoms with Crippen molar-refractivity contribution in [2.75, 3.05) is 20.2 Å². The van der Waals surface area contributed by atoms with E-state index in [2.05, 4.69) is 66.3 Å². The number of nitrogens with one attached hydrogen (secondary N) is 1. The van der Waals surface area contributed by atoms with Crippen LogP contribution in [0.15, 0.2) is 28.7 Å². The van der Waals surface area contributed by atoms with Gasteiger partial charge in [-0.25, -0.2) is 0 Å². The molecule has 0 aromatic heterocycles. The van der Waals surface area contributed by atoms with Crippen molar-refractivity contribution in [1.29, 1.82) is 0 Å². The summed E-state index contributed by atoms with van der Waals surface area (Å²) >= 11 is 3.67. The van der Waals surface area contributed by atoms with E-state index in [9.17, 15) is 0 Å². The number of rotatable bonds is 10. The maximum absolute atomic E-state index is 5.56. The molecule has 120 valence electrons. The van der Waals surface area contributed by atoms with E-state index in [0.29, 0.717) is 5.92 Å². The number of methoxy groups -OCH3 is 1. The Morgan fingerprint density at radius 1 is 1.29 bits per heavy atom. The second kappa shape index (κ2) is 9.60. The summed E-state index contributed by atoms with van der Waals surface area (Å²) in [6, 6.07) is 8.55. The SMILES string of the molecule is CCCNCC(CCC(C)(C)OC)Cc1ccccc1Br. The quantitative estimate of drug-likeness (QED) is 0.608. The predicted octanol–water partition coefficient (Wildman–Crippen LogP) is 4.81. The van der Waals surface area contributed by atoms with Crippen molar-refractivity contribution in [3.63, 3.8) is 0 Å². The number of ether oxygens (including phenoxy) is 1. The van der Waals surface area contributed by atoms with Gasteiger partial charge in [-0.3, -0.25) is 0 Å². The molecule has 1 aromatic carbocycles. The van der Waals surface area contributed by atoms with Crippen molar-refractivity contribution in [2.45, 2.75) is 52.1 Å². The Labute approximate surface area is 138 Å². The highest BCUT2D eigenvalue weighted by Gasteiger charge is 2.20. The highest BCUT2D eigenvalue weighted by atomic mass is 79.9. The molecule has 1 unspecified atom stereocenters. The molecule has 0 amide bonds. The molecule has 0 spiro atoms. The van der Waals surface area contributed by atoms with E-state index < -0.39 is 0 Å². The molecule has 0 aliphatic carbocycles. The van der Waals surface area contributed by atoms with Crippen LogP contribution in [0.4, 0.5) is 0 Å². The summed E-state index contributed by atoms with van der Waals surface area (Å²) in [5.41, 5.74) is 1.37. The zero-order valence-corrected chi connectivity index (χ0v) is 15.5. The van der Waals surface area contributed by atoms with Crippen LogP contribution in [0, 0.1) is 5.92 Å². The zero-order valence-electron chi connectivity index (χ0n) is 13.9. The molecule has 1 aromatic rings. The van der Waals surface area contributed by atoms with Crippen molar-refractivity contribution in [2.24, 2.45) is 5.92 Å². The van der Waals surface area contributed by atoms with E-state index in [1.165, 1.54) is 22.9 Å². The first-order valence-electron chi connectivity index (χ1n) is 7.97. The van der Waals surface area contributed by atoms with Gasteiger partial charge in [0.15, 0.2) is 0 Å². The Morgan fingerprint density at radius 2 is 2.00 bits per heavy atom. The van der Waals surface area contributed by atoms with E-state index in [1.807, 2.05) is 0 Å². The van der Waals surface area contributed by atoms with Gasteiger partial charge in [-0.05, 0) is 70.2 Å². The molecule has 1 N–H and O–H groups in total. The normalized spacial score (nSPS) is 13.4. The Hall–Kier alpha value is -0.380. The minimum Gasteiger partial charge on any atom is -0.379 e. The molecule has 0 fully saturated rings. The predicted molar refractivity (Wildman–Crippen MR) is 94.8 cm³/mol. The first-order chi connectivity index (χ1) is 9.98. The van der Waals surface area contributed by atoms with Crippen LogP contribution in [-0.2, 0) is 11.2 Å². The van der Waals surface area contributed by atoms with Crippen molar-refractivity contribution in [3.8, 4) is 0 Å². The van der Waals surface area contributed by atoms with Crippen LogP contribution in [-0.4, -0.2) is 25.8 Å².